The Morgan fingerprint density at radius 3 is 2.81 bits per heavy atom. The zero-order valence-electron chi connectivity index (χ0n) is 10.9. The van der Waals surface area contributed by atoms with Crippen molar-refractivity contribution in [3.8, 4) is 10.4 Å². The first-order chi connectivity index (χ1) is 10.2. The molecule has 2 heterocycles. The van der Waals surface area contributed by atoms with Gasteiger partial charge in [-0.2, -0.15) is 0 Å². The highest BCUT2D eigenvalue weighted by molar-refractivity contribution is 7.21. The van der Waals surface area contributed by atoms with Crippen LogP contribution in [0.4, 0.5) is 0 Å². The molecule has 0 saturated carbocycles. The van der Waals surface area contributed by atoms with E-state index in [1.54, 1.807) is 0 Å². The summed E-state index contributed by atoms with van der Waals surface area (Å²) in [6.07, 6.45) is 1.37. The molecule has 0 fully saturated rings. The molecule has 1 amide bonds. The first-order valence-electron chi connectivity index (χ1n) is 6.23. The van der Waals surface area contributed by atoms with Crippen molar-refractivity contribution < 1.29 is 4.79 Å². The van der Waals surface area contributed by atoms with Crippen LogP contribution in [0.5, 0.6) is 0 Å². The average molecular weight is 300 g/mol. The number of amides is 1. The maximum atomic E-state index is 12.3. The van der Waals surface area contributed by atoms with Gasteiger partial charge in [0.25, 0.3) is 11.5 Å². The second kappa shape index (κ2) is 5.47. The number of nitrogens with zero attached hydrogens (tertiary/aromatic N) is 2. The number of rotatable bonds is 3. The molecule has 0 spiro atoms. The lowest BCUT2D eigenvalue weighted by Crippen LogP contribution is -2.36. The average Bonchev–Trinajstić information content (AvgIpc) is 2.96. The van der Waals surface area contributed by atoms with Gasteiger partial charge < -0.3 is 0 Å². The molecule has 0 radical (unpaired) electrons. The van der Waals surface area contributed by atoms with E-state index in [9.17, 15) is 9.59 Å². The first kappa shape index (κ1) is 13.5. The van der Waals surface area contributed by atoms with Crippen molar-refractivity contribution in [1.82, 2.24) is 15.0 Å². The van der Waals surface area contributed by atoms with Gasteiger partial charge in [-0.1, -0.05) is 30.3 Å². The lowest BCUT2D eigenvalue weighted by Gasteiger charge is -2.02. The number of hydrogen-bond acceptors (Lipinski definition) is 5. The lowest BCUT2D eigenvalue weighted by atomic mass is 10.2. The maximum absolute atomic E-state index is 12.3. The fraction of sp³-hybridized carbons (Fsp3) is 0.0714. The fourth-order valence-electron chi connectivity index (χ4n) is 2.02. The number of carbonyl (C=O) groups excluding carboxylic acids is 1. The number of hydrazine groups is 1. The molecule has 0 aliphatic rings. The predicted octanol–water partition coefficient (Wildman–Crippen LogP) is 1.11. The zero-order valence-corrected chi connectivity index (χ0v) is 11.8. The smallest absolute Gasteiger partial charge is 0.262 e. The molecule has 3 N–H and O–H groups in total. The van der Waals surface area contributed by atoms with E-state index < -0.39 is 5.91 Å². The van der Waals surface area contributed by atoms with E-state index in [2.05, 4.69) is 4.98 Å². The Bertz CT molecular complexity index is 854. The monoisotopic (exact) mass is 300 g/mol. The molecule has 0 atom stereocenters. The maximum Gasteiger partial charge on any atom is 0.262 e. The third-order valence-corrected chi connectivity index (χ3v) is 4.14. The van der Waals surface area contributed by atoms with Gasteiger partial charge in [0, 0.05) is 4.88 Å². The number of fused-ring (bicyclic) bond motifs is 1. The van der Waals surface area contributed by atoms with Crippen LogP contribution < -0.4 is 16.8 Å². The van der Waals surface area contributed by atoms with E-state index in [1.807, 2.05) is 41.8 Å². The summed E-state index contributed by atoms with van der Waals surface area (Å²) in [4.78, 5) is 29.5. The SMILES string of the molecule is NNC(=O)Cn1cnc2sc(-c3ccccc3)cc2c1=O. The lowest BCUT2D eigenvalue weighted by molar-refractivity contribution is -0.121. The molecule has 0 bridgehead atoms. The van der Waals surface area contributed by atoms with Crippen molar-refractivity contribution in [2.24, 2.45) is 5.84 Å². The van der Waals surface area contributed by atoms with Gasteiger partial charge in [-0.15, -0.1) is 11.3 Å². The van der Waals surface area contributed by atoms with Crippen molar-refractivity contribution in [2.75, 3.05) is 0 Å². The van der Waals surface area contributed by atoms with Crippen LogP contribution in [0.2, 0.25) is 0 Å². The van der Waals surface area contributed by atoms with Crippen LogP contribution in [0.3, 0.4) is 0 Å². The summed E-state index contributed by atoms with van der Waals surface area (Å²) in [5.41, 5.74) is 2.78. The Labute approximate surface area is 123 Å². The first-order valence-corrected chi connectivity index (χ1v) is 7.04. The van der Waals surface area contributed by atoms with Crippen molar-refractivity contribution in [1.29, 1.82) is 0 Å². The summed E-state index contributed by atoms with van der Waals surface area (Å²) < 4.78 is 1.24. The molecule has 0 aliphatic carbocycles. The Balaban J connectivity index is 2.08. The van der Waals surface area contributed by atoms with E-state index >= 15 is 0 Å². The molecule has 21 heavy (non-hydrogen) atoms. The normalized spacial score (nSPS) is 10.7. The molecule has 106 valence electrons. The van der Waals surface area contributed by atoms with Crippen molar-refractivity contribution in [3.05, 3.63) is 53.1 Å². The largest absolute Gasteiger partial charge is 0.293 e. The number of thiophene rings is 1. The van der Waals surface area contributed by atoms with Gasteiger partial charge in [0.2, 0.25) is 0 Å². The minimum absolute atomic E-state index is 0.144. The van der Waals surface area contributed by atoms with Gasteiger partial charge in [0.05, 0.1) is 11.7 Å². The summed E-state index contributed by atoms with van der Waals surface area (Å²) in [6, 6.07) is 11.6. The number of nitrogens with two attached hydrogens (primary N) is 1. The standard InChI is InChI=1S/C14H12N4O2S/c15-17-12(19)7-18-8-16-13-10(14(18)20)6-11(21-13)9-4-2-1-3-5-9/h1-6,8H,7,15H2,(H,17,19). The number of aromatic nitrogens is 2. The molecule has 1 aromatic carbocycles. The fourth-order valence-corrected chi connectivity index (χ4v) is 3.01. The Hall–Kier alpha value is -2.51. The molecule has 7 heteroatoms. The van der Waals surface area contributed by atoms with E-state index in [-0.39, 0.29) is 12.1 Å². The molecule has 3 rings (SSSR count). The van der Waals surface area contributed by atoms with Crippen LogP contribution >= 0.6 is 11.3 Å². The third kappa shape index (κ3) is 2.56. The number of benzene rings is 1. The minimum Gasteiger partial charge on any atom is -0.293 e. The van der Waals surface area contributed by atoms with Gasteiger partial charge in [-0.25, -0.2) is 10.8 Å². The summed E-state index contributed by atoms with van der Waals surface area (Å²) in [6.45, 7) is -0.144. The third-order valence-electron chi connectivity index (χ3n) is 3.05. The topological polar surface area (TPSA) is 90.0 Å². The summed E-state index contributed by atoms with van der Waals surface area (Å²) >= 11 is 1.45. The van der Waals surface area contributed by atoms with Crippen LogP contribution in [0, 0.1) is 0 Å². The molecule has 2 aromatic heterocycles. The van der Waals surface area contributed by atoms with Crippen molar-refractivity contribution in [3.63, 3.8) is 0 Å². The second-order valence-electron chi connectivity index (χ2n) is 4.44. The van der Waals surface area contributed by atoms with Gasteiger partial charge in [0.1, 0.15) is 11.4 Å². The number of nitrogens with one attached hydrogen (secondary N) is 1. The molecule has 6 nitrogen and oxygen atoms in total. The van der Waals surface area contributed by atoms with E-state index in [0.29, 0.717) is 10.2 Å². The van der Waals surface area contributed by atoms with Gasteiger partial charge in [0.15, 0.2) is 0 Å². The van der Waals surface area contributed by atoms with Crippen LogP contribution in [-0.2, 0) is 11.3 Å². The second-order valence-corrected chi connectivity index (χ2v) is 5.47. The Kier molecular flexibility index (Phi) is 3.51. The van der Waals surface area contributed by atoms with Crippen molar-refractivity contribution >= 4 is 27.5 Å². The van der Waals surface area contributed by atoms with Gasteiger partial charge in [-0.3, -0.25) is 19.6 Å². The summed E-state index contributed by atoms with van der Waals surface area (Å²) in [5, 5.41) is 0.506. The van der Waals surface area contributed by atoms with Crippen LogP contribution in [0.25, 0.3) is 20.7 Å². The molecule has 0 aliphatic heterocycles. The highest BCUT2D eigenvalue weighted by atomic mass is 32.1. The molecule has 3 aromatic rings. The molecule has 0 unspecified atom stereocenters. The van der Waals surface area contributed by atoms with E-state index in [4.69, 9.17) is 5.84 Å². The van der Waals surface area contributed by atoms with Crippen LogP contribution in [0.1, 0.15) is 0 Å². The highest BCUT2D eigenvalue weighted by Crippen LogP contribution is 2.30. The summed E-state index contributed by atoms with van der Waals surface area (Å²) in [5.74, 6) is 4.58. The molecule has 0 saturated heterocycles. The Morgan fingerprint density at radius 1 is 1.33 bits per heavy atom. The van der Waals surface area contributed by atoms with E-state index in [0.717, 1.165) is 10.4 Å². The van der Waals surface area contributed by atoms with Gasteiger partial charge in [-0.05, 0) is 11.6 Å². The number of hydrogen-bond donors (Lipinski definition) is 2. The summed E-state index contributed by atoms with van der Waals surface area (Å²) in [7, 11) is 0. The quantitative estimate of drug-likeness (QED) is 0.431. The highest BCUT2D eigenvalue weighted by Gasteiger charge is 2.11. The van der Waals surface area contributed by atoms with Crippen LogP contribution in [-0.4, -0.2) is 15.5 Å². The number of carbonyl (C=O) groups is 1. The minimum atomic E-state index is -0.447. The zero-order chi connectivity index (χ0) is 14.8. The Morgan fingerprint density at radius 2 is 2.10 bits per heavy atom. The molecular formula is C14H12N4O2S. The van der Waals surface area contributed by atoms with Crippen LogP contribution in [0.15, 0.2) is 47.5 Å². The van der Waals surface area contributed by atoms with E-state index in [1.165, 1.54) is 22.2 Å². The van der Waals surface area contributed by atoms with Gasteiger partial charge >= 0.3 is 0 Å². The predicted molar refractivity (Wildman–Crippen MR) is 81.6 cm³/mol. The molecular weight excluding hydrogens is 288 g/mol. The van der Waals surface area contributed by atoms with Crippen molar-refractivity contribution in [2.45, 2.75) is 6.54 Å².